The van der Waals surface area contributed by atoms with E-state index in [4.69, 9.17) is 0 Å². The van der Waals surface area contributed by atoms with E-state index in [1.54, 1.807) is 12.4 Å². The Kier molecular flexibility index (Phi) is 3.90. The van der Waals surface area contributed by atoms with Crippen molar-refractivity contribution < 1.29 is 4.79 Å². The van der Waals surface area contributed by atoms with E-state index in [0.717, 1.165) is 17.8 Å². The van der Waals surface area contributed by atoms with Crippen LogP contribution < -0.4 is 10.2 Å². The van der Waals surface area contributed by atoms with Crippen molar-refractivity contribution in [2.75, 3.05) is 10.2 Å². The molecule has 0 saturated carbocycles. The van der Waals surface area contributed by atoms with Gasteiger partial charge >= 0.3 is 0 Å². The minimum atomic E-state index is -0.215. The third-order valence-corrected chi connectivity index (χ3v) is 4.35. The van der Waals surface area contributed by atoms with Crippen molar-refractivity contribution in [1.29, 1.82) is 0 Å². The van der Waals surface area contributed by atoms with E-state index in [2.05, 4.69) is 39.2 Å². The van der Waals surface area contributed by atoms with Gasteiger partial charge in [0.25, 0.3) is 5.91 Å². The van der Waals surface area contributed by atoms with Crippen LogP contribution in [-0.2, 0) is 6.42 Å². The molecule has 0 fully saturated rings. The first-order chi connectivity index (χ1) is 12.2. The van der Waals surface area contributed by atoms with Gasteiger partial charge in [-0.2, -0.15) is 0 Å². The predicted octanol–water partition coefficient (Wildman–Crippen LogP) is 3.81. The molecule has 0 spiro atoms. The lowest BCUT2D eigenvalue weighted by Gasteiger charge is -2.22. The number of fused-ring (bicyclic) bond motifs is 1. The van der Waals surface area contributed by atoms with E-state index in [-0.39, 0.29) is 5.91 Å². The number of carbonyl (C=O) groups is 1. The average molecular weight is 330 g/mol. The zero-order valence-electron chi connectivity index (χ0n) is 13.9. The van der Waals surface area contributed by atoms with Crippen LogP contribution >= 0.6 is 0 Å². The summed E-state index contributed by atoms with van der Waals surface area (Å²) in [6, 6.07) is 17.9. The maximum Gasteiger partial charge on any atom is 0.258 e. The number of nitrogens with zero attached hydrogens (tertiary/aromatic N) is 3. The molecule has 1 aliphatic heterocycles. The molecule has 2 aromatic carbocycles. The molecular weight excluding hydrogens is 312 g/mol. The lowest BCUT2D eigenvalue weighted by Crippen LogP contribution is -2.26. The van der Waals surface area contributed by atoms with Crippen LogP contribution in [0.2, 0.25) is 0 Å². The van der Waals surface area contributed by atoms with E-state index in [1.807, 2.05) is 42.5 Å². The number of hydrogen-bond acceptors (Lipinski definition) is 4. The molecule has 1 unspecified atom stereocenters. The third kappa shape index (κ3) is 2.96. The fourth-order valence-corrected chi connectivity index (χ4v) is 3.16. The second-order valence-electron chi connectivity index (χ2n) is 6.14. The van der Waals surface area contributed by atoms with Crippen molar-refractivity contribution in [1.82, 2.24) is 9.97 Å². The summed E-state index contributed by atoms with van der Waals surface area (Å²) in [5.74, 6) is 0.404. The lowest BCUT2D eigenvalue weighted by molar-refractivity contribution is 0.102. The number of hydrogen-bond donors (Lipinski definition) is 1. The lowest BCUT2D eigenvalue weighted by atomic mass is 10.1. The van der Waals surface area contributed by atoms with Crippen molar-refractivity contribution in [2.24, 2.45) is 0 Å². The van der Waals surface area contributed by atoms with Crippen LogP contribution in [0.15, 0.2) is 67.0 Å². The Hall–Kier alpha value is -3.21. The normalized spacial score (nSPS) is 15.7. The summed E-state index contributed by atoms with van der Waals surface area (Å²) in [4.78, 5) is 23.3. The number of anilines is 3. The number of aromatic nitrogens is 2. The summed E-state index contributed by atoms with van der Waals surface area (Å²) in [6.45, 7) is 2.15. The maximum atomic E-state index is 12.3. The van der Waals surface area contributed by atoms with Gasteiger partial charge in [-0.05, 0) is 37.1 Å². The van der Waals surface area contributed by atoms with E-state index in [9.17, 15) is 4.79 Å². The van der Waals surface area contributed by atoms with Crippen molar-refractivity contribution in [3.63, 3.8) is 0 Å². The average Bonchev–Trinajstić information content (AvgIpc) is 2.98. The fourth-order valence-electron chi connectivity index (χ4n) is 3.16. The zero-order valence-corrected chi connectivity index (χ0v) is 13.9. The first kappa shape index (κ1) is 15.3. The molecule has 3 aromatic rings. The van der Waals surface area contributed by atoms with Crippen molar-refractivity contribution in [3.05, 3.63) is 78.1 Å². The number of para-hydroxylation sites is 2. The monoisotopic (exact) mass is 330 g/mol. The van der Waals surface area contributed by atoms with E-state index in [0.29, 0.717) is 17.6 Å². The Labute approximate surface area is 146 Å². The van der Waals surface area contributed by atoms with Gasteiger partial charge in [0.05, 0.1) is 5.56 Å². The molecule has 0 radical (unpaired) electrons. The van der Waals surface area contributed by atoms with E-state index >= 15 is 0 Å². The van der Waals surface area contributed by atoms with Gasteiger partial charge < -0.3 is 10.2 Å². The van der Waals surface area contributed by atoms with Crippen LogP contribution in [0, 0.1) is 0 Å². The fraction of sp³-hybridized carbons (Fsp3) is 0.150. The van der Waals surface area contributed by atoms with Crippen LogP contribution in [0.25, 0.3) is 0 Å². The number of rotatable bonds is 3. The Bertz CT molecular complexity index is 893. The summed E-state index contributed by atoms with van der Waals surface area (Å²) in [7, 11) is 0. The molecule has 5 heteroatoms. The molecule has 5 nitrogen and oxygen atoms in total. The van der Waals surface area contributed by atoms with Crippen LogP contribution in [0.3, 0.4) is 0 Å². The maximum absolute atomic E-state index is 12.3. The molecule has 124 valence electrons. The van der Waals surface area contributed by atoms with Gasteiger partial charge in [-0.3, -0.25) is 4.79 Å². The molecule has 1 aliphatic rings. The second-order valence-corrected chi connectivity index (χ2v) is 6.14. The summed E-state index contributed by atoms with van der Waals surface area (Å²) in [5, 5.41) is 2.84. The Morgan fingerprint density at radius 2 is 1.72 bits per heavy atom. The quantitative estimate of drug-likeness (QED) is 0.793. The molecule has 1 atom stereocenters. The smallest absolute Gasteiger partial charge is 0.258 e. The highest BCUT2D eigenvalue weighted by atomic mass is 16.1. The molecule has 4 rings (SSSR count). The molecule has 1 amide bonds. The zero-order chi connectivity index (χ0) is 17.2. The Balaban J connectivity index is 1.55. The van der Waals surface area contributed by atoms with Gasteiger partial charge in [0, 0.05) is 29.8 Å². The number of benzene rings is 2. The minimum Gasteiger partial charge on any atom is -0.322 e. The van der Waals surface area contributed by atoms with E-state index < -0.39 is 0 Å². The van der Waals surface area contributed by atoms with Gasteiger partial charge in [-0.15, -0.1) is 0 Å². The summed E-state index contributed by atoms with van der Waals surface area (Å²) >= 11 is 0. The topological polar surface area (TPSA) is 58.1 Å². The van der Waals surface area contributed by atoms with Gasteiger partial charge in [0.2, 0.25) is 5.95 Å². The second kappa shape index (κ2) is 6.36. The third-order valence-electron chi connectivity index (χ3n) is 4.35. The number of amides is 1. The Morgan fingerprint density at radius 1 is 1.04 bits per heavy atom. The van der Waals surface area contributed by atoms with Gasteiger partial charge in [0.1, 0.15) is 0 Å². The van der Waals surface area contributed by atoms with Crippen molar-refractivity contribution in [2.45, 2.75) is 19.4 Å². The summed E-state index contributed by atoms with van der Waals surface area (Å²) < 4.78 is 0. The SMILES string of the molecule is CC1Cc2ccccc2N1c1ncc(C(=O)Nc2ccccc2)cn1. The van der Waals surface area contributed by atoms with Crippen LogP contribution in [0.4, 0.5) is 17.3 Å². The standard InChI is InChI=1S/C20H18N4O/c1-14-11-15-7-5-6-10-18(15)24(14)20-21-12-16(13-22-20)19(25)23-17-8-3-2-4-9-17/h2-10,12-14H,11H2,1H3,(H,23,25). The summed E-state index contributed by atoms with van der Waals surface area (Å²) in [6.07, 6.45) is 4.12. The summed E-state index contributed by atoms with van der Waals surface area (Å²) in [5.41, 5.74) is 3.62. The number of nitrogens with one attached hydrogen (secondary N) is 1. The van der Waals surface area contributed by atoms with Crippen LogP contribution in [0.1, 0.15) is 22.8 Å². The molecule has 0 aliphatic carbocycles. The highest BCUT2D eigenvalue weighted by Crippen LogP contribution is 2.36. The largest absolute Gasteiger partial charge is 0.322 e. The Morgan fingerprint density at radius 3 is 2.48 bits per heavy atom. The van der Waals surface area contributed by atoms with Crippen LogP contribution in [0.5, 0.6) is 0 Å². The first-order valence-corrected chi connectivity index (χ1v) is 8.28. The van der Waals surface area contributed by atoms with E-state index in [1.165, 1.54) is 5.56 Å². The number of carbonyl (C=O) groups excluding carboxylic acids is 1. The predicted molar refractivity (Wildman–Crippen MR) is 98.2 cm³/mol. The molecule has 0 bridgehead atoms. The molecular formula is C20H18N4O. The molecule has 1 N–H and O–H groups in total. The minimum absolute atomic E-state index is 0.215. The molecule has 2 heterocycles. The van der Waals surface area contributed by atoms with Crippen molar-refractivity contribution >= 4 is 23.2 Å². The molecule has 1 aromatic heterocycles. The van der Waals surface area contributed by atoms with Gasteiger partial charge in [0.15, 0.2) is 0 Å². The van der Waals surface area contributed by atoms with Crippen LogP contribution in [-0.4, -0.2) is 21.9 Å². The molecule has 25 heavy (non-hydrogen) atoms. The first-order valence-electron chi connectivity index (χ1n) is 8.28. The van der Waals surface area contributed by atoms with Gasteiger partial charge in [-0.25, -0.2) is 9.97 Å². The van der Waals surface area contributed by atoms with Gasteiger partial charge in [-0.1, -0.05) is 36.4 Å². The highest BCUT2D eigenvalue weighted by Gasteiger charge is 2.28. The molecule has 0 saturated heterocycles. The highest BCUT2D eigenvalue weighted by molar-refractivity contribution is 6.03. The van der Waals surface area contributed by atoms with Crippen molar-refractivity contribution in [3.8, 4) is 0 Å².